The molecule has 0 radical (unpaired) electrons. The number of carbonyl (C=O) groups excluding carboxylic acids is 2. The van der Waals surface area contributed by atoms with Crippen molar-refractivity contribution in [1.82, 2.24) is 4.98 Å². The van der Waals surface area contributed by atoms with Gasteiger partial charge in [0.15, 0.2) is 0 Å². The molecule has 3 N–H and O–H groups in total. The molecular formula is C28H25N3O3S. The Hall–Kier alpha value is -3.94. The molecule has 1 atom stereocenters. The van der Waals surface area contributed by atoms with E-state index in [-0.39, 0.29) is 11.9 Å². The summed E-state index contributed by atoms with van der Waals surface area (Å²) in [5, 5.41) is 2.86. The first-order valence-electron chi connectivity index (χ1n) is 11.0. The number of nitrogens with two attached hydrogens (primary N) is 1. The van der Waals surface area contributed by atoms with Gasteiger partial charge in [-0.3, -0.25) is 9.78 Å². The second-order valence-electron chi connectivity index (χ2n) is 7.93. The first-order valence-corrected chi connectivity index (χ1v) is 12.2. The van der Waals surface area contributed by atoms with E-state index in [1.54, 1.807) is 78.8 Å². The zero-order valence-electron chi connectivity index (χ0n) is 19.4. The molecule has 0 aliphatic carbocycles. The molecule has 35 heavy (non-hydrogen) atoms. The molecular weight excluding hydrogens is 458 g/mol. The lowest BCUT2D eigenvalue weighted by Gasteiger charge is -2.16. The van der Waals surface area contributed by atoms with Crippen LogP contribution in [-0.2, 0) is 0 Å². The van der Waals surface area contributed by atoms with Crippen LogP contribution in [0, 0.1) is 0 Å². The van der Waals surface area contributed by atoms with Crippen LogP contribution in [0.2, 0.25) is 0 Å². The summed E-state index contributed by atoms with van der Waals surface area (Å²) in [5.41, 5.74) is 10.2. The highest BCUT2D eigenvalue weighted by Gasteiger charge is 2.16. The molecule has 176 valence electrons. The predicted molar refractivity (Wildman–Crippen MR) is 140 cm³/mol. The number of rotatable bonds is 7. The number of nitrogens with zero attached hydrogens (tertiary/aromatic N) is 1. The fraction of sp³-hybridized carbons (Fsp3) is 0.107. The van der Waals surface area contributed by atoms with Gasteiger partial charge < -0.3 is 15.8 Å². The monoisotopic (exact) mass is 483 g/mol. The number of esters is 1. The first-order chi connectivity index (χ1) is 16.9. The Balaban J connectivity index is 1.62. The van der Waals surface area contributed by atoms with Gasteiger partial charge in [0.1, 0.15) is 5.75 Å². The van der Waals surface area contributed by atoms with Crippen LogP contribution in [0.3, 0.4) is 0 Å². The maximum atomic E-state index is 12.9. The van der Waals surface area contributed by atoms with Gasteiger partial charge in [-0.2, -0.15) is 0 Å². The summed E-state index contributed by atoms with van der Waals surface area (Å²) in [4.78, 5) is 30.7. The Morgan fingerprint density at radius 3 is 2.37 bits per heavy atom. The molecule has 4 aromatic rings. The zero-order valence-corrected chi connectivity index (χ0v) is 20.2. The quantitative estimate of drug-likeness (QED) is 0.191. The van der Waals surface area contributed by atoms with E-state index < -0.39 is 5.97 Å². The van der Waals surface area contributed by atoms with Crippen LogP contribution in [0.4, 0.5) is 5.69 Å². The van der Waals surface area contributed by atoms with E-state index >= 15 is 0 Å². The van der Waals surface area contributed by atoms with Crippen molar-refractivity contribution in [3.05, 3.63) is 108 Å². The molecule has 0 fully saturated rings. The van der Waals surface area contributed by atoms with E-state index in [9.17, 15) is 9.59 Å². The number of nitrogens with one attached hydrogen (secondary N) is 1. The lowest BCUT2D eigenvalue weighted by Crippen LogP contribution is -2.14. The molecule has 0 spiro atoms. The first kappa shape index (κ1) is 24.2. The molecule has 0 aliphatic rings. The van der Waals surface area contributed by atoms with Crippen molar-refractivity contribution in [1.29, 1.82) is 0 Å². The molecule has 1 unspecified atom stereocenters. The van der Waals surface area contributed by atoms with Gasteiger partial charge in [-0.25, -0.2) is 4.79 Å². The van der Waals surface area contributed by atoms with Gasteiger partial charge in [-0.05, 0) is 90.5 Å². The fourth-order valence-corrected chi connectivity index (χ4v) is 4.01. The Bertz CT molecular complexity index is 1340. The Morgan fingerprint density at radius 1 is 0.943 bits per heavy atom. The average molecular weight is 484 g/mol. The molecule has 0 saturated heterocycles. The van der Waals surface area contributed by atoms with Gasteiger partial charge >= 0.3 is 5.97 Å². The molecule has 0 saturated carbocycles. The summed E-state index contributed by atoms with van der Waals surface area (Å²) < 4.78 is 5.55. The van der Waals surface area contributed by atoms with E-state index in [2.05, 4.69) is 10.3 Å². The minimum Gasteiger partial charge on any atom is -0.423 e. The maximum absolute atomic E-state index is 12.9. The second-order valence-corrected chi connectivity index (χ2v) is 8.81. The topological polar surface area (TPSA) is 94.3 Å². The number of anilines is 1. The number of aromatic nitrogens is 1. The van der Waals surface area contributed by atoms with Gasteiger partial charge in [0.05, 0.1) is 5.56 Å². The van der Waals surface area contributed by atoms with Crippen LogP contribution < -0.4 is 15.8 Å². The van der Waals surface area contributed by atoms with Crippen molar-refractivity contribution in [3.63, 3.8) is 0 Å². The largest absolute Gasteiger partial charge is 0.423 e. The molecule has 0 aliphatic heterocycles. The van der Waals surface area contributed by atoms with Gasteiger partial charge in [-0.15, -0.1) is 11.8 Å². The summed E-state index contributed by atoms with van der Waals surface area (Å²) in [6, 6.07) is 23.0. The molecule has 1 aromatic heterocycles. The van der Waals surface area contributed by atoms with E-state index in [1.165, 1.54) is 0 Å². The number of hydrogen-bond acceptors (Lipinski definition) is 6. The highest BCUT2D eigenvalue weighted by molar-refractivity contribution is 7.98. The minimum atomic E-state index is -0.460. The van der Waals surface area contributed by atoms with E-state index in [1.807, 2.05) is 37.4 Å². The number of benzene rings is 3. The van der Waals surface area contributed by atoms with Crippen molar-refractivity contribution >= 4 is 29.3 Å². The SMILES string of the molecule is CSc1ccc(OC(=O)c2cccc(-c3cc(C(=O)Nc4ccncc4)ccc3C(C)N)c2)cc1. The molecule has 0 bridgehead atoms. The van der Waals surface area contributed by atoms with Crippen molar-refractivity contribution in [3.8, 4) is 16.9 Å². The normalized spacial score (nSPS) is 11.5. The van der Waals surface area contributed by atoms with Gasteiger partial charge in [0.25, 0.3) is 5.91 Å². The smallest absolute Gasteiger partial charge is 0.343 e. The third-order valence-corrected chi connectivity index (χ3v) is 6.17. The molecule has 3 aromatic carbocycles. The number of amides is 1. The molecule has 6 nitrogen and oxygen atoms in total. The summed E-state index contributed by atoms with van der Waals surface area (Å²) >= 11 is 1.62. The van der Waals surface area contributed by atoms with Crippen LogP contribution in [0.1, 0.15) is 39.2 Å². The lowest BCUT2D eigenvalue weighted by atomic mass is 9.92. The highest BCUT2D eigenvalue weighted by atomic mass is 32.2. The highest BCUT2D eigenvalue weighted by Crippen LogP contribution is 2.30. The van der Waals surface area contributed by atoms with Crippen molar-refractivity contribution in [2.24, 2.45) is 5.73 Å². The average Bonchev–Trinajstić information content (AvgIpc) is 2.89. The van der Waals surface area contributed by atoms with Gasteiger partial charge in [-0.1, -0.05) is 18.2 Å². The number of carbonyl (C=O) groups is 2. The Morgan fingerprint density at radius 2 is 1.69 bits per heavy atom. The Kier molecular flexibility index (Phi) is 7.60. The Labute approximate surface area is 208 Å². The molecule has 1 heterocycles. The van der Waals surface area contributed by atoms with Crippen LogP contribution in [0.5, 0.6) is 5.75 Å². The fourth-order valence-electron chi connectivity index (χ4n) is 3.61. The van der Waals surface area contributed by atoms with Crippen molar-refractivity contribution in [2.75, 3.05) is 11.6 Å². The van der Waals surface area contributed by atoms with E-state index in [4.69, 9.17) is 10.5 Å². The van der Waals surface area contributed by atoms with Crippen LogP contribution in [-0.4, -0.2) is 23.1 Å². The van der Waals surface area contributed by atoms with E-state index in [0.717, 1.165) is 21.6 Å². The van der Waals surface area contributed by atoms with Crippen LogP contribution >= 0.6 is 11.8 Å². The number of thioether (sulfide) groups is 1. The summed E-state index contributed by atoms with van der Waals surface area (Å²) in [5.74, 6) is -0.236. The van der Waals surface area contributed by atoms with Crippen molar-refractivity contribution < 1.29 is 14.3 Å². The van der Waals surface area contributed by atoms with Gasteiger partial charge in [0.2, 0.25) is 0 Å². The predicted octanol–water partition coefficient (Wildman–Crippen LogP) is 5.96. The standard InChI is InChI=1S/C28H25N3O3S/c1-18(29)25-11-6-20(27(32)31-22-12-14-30-15-13-22)17-26(25)19-4-3-5-21(16-19)28(33)34-23-7-9-24(35-2)10-8-23/h3-18H,29H2,1-2H3,(H,30,31,32). The molecule has 1 amide bonds. The third-order valence-electron chi connectivity index (χ3n) is 5.42. The number of ether oxygens (including phenoxy) is 1. The summed E-state index contributed by atoms with van der Waals surface area (Å²) in [6.07, 6.45) is 5.21. The molecule has 7 heteroatoms. The van der Waals surface area contributed by atoms with Gasteiger partial charge in [0, 0.05) is 34.6 Å². The minimum absolute atomic E-state index is 0.252. The van der Waals surface area contributed by atoms with E-state index in [0.29, 0.717) is 22.6 Å². The molecule has 4 rings (SSSR count). The van der Waals surface area contributed by atoms with Crippen LogP contribution in [0.15, 0.2) is 96.2 Å². The third kappa shape index (κ3) is 5.95. The lowest BCUT2D eigenvalue weighted by molar-refractivity contribution is 0.0734. The zero-order chi connectivity index (χ0) is 24.8. The second kappa shape index (κ2) is 11.0. The number of hydrogen-bond donors (Lipinski definition) is 2. The van der Waals surface area contributed by atoms with Crippen molar-refractivity contribution in [2.45, 2.75) is 17.9 Å². The number of pyridine rings is 1. The summed E-state index contributed by atoms with van der Waals surface area (Å²) in [7, 11) is 0. The summed E-state index contributed by atoms with van der Waals surface area (Å²) in [6.45, 7) is 1.88. The van der Waals surface area contributed by atoms with Crippen LogP contribution in [0.25, 0.3) is 11.1 Å². The maximum Gasteiger partial charge on any atom is 0.343 e.